The number of hydrogen-bond acceptors (Lipinski definition) is 13. The maximum atomic E-state index is 13.1. The van der Waals surface area contributed by atoms with E-state index in [1.807, 2.05) is 13.8 Å². The first-order valence-corrected chi connectivity index (χ1v) is 16.8. The zero-order valence-corrected chi connectivity index (χ0v) is 28.3. The van der Waals surface area contributed by atoms with E-state index in [9.17, 15) is 29.7 Å². The number of carbonyl (C=O) groups is 4. The van der Waals surface area contributed by atoms with Crippen molar-refractivity contribution in [2.45, 2.75) is 66.2 Å². The molecule has 1 fully saturated rings. The highest BCUT2D eigenvalue weighted by molar-refractivity contribution is 7.17. The van der Waals surface area contributed by atoms with Gasteiger partial charge in [-0.1, -0.05) is 42.9 Å². The Morgan fingerprint density at radius 3 is 1.96 bits per heavy atom. The van der Waals surface area contributed by atoms with Crippen LogP contribution in [0.25, 0.3) is 22.5 Å². The predicted molar refractivity (Wildman–Crippen MR) is 175 cm³/mol. The van der Waals surface area contributed by atoms with E-state index in [0.29, 0.717) is 51.5 Å². The van der Waals surface area contributed by atoms with Crippen LogP contribution in [0.5, 0.6) is 0 Å². The Bertz CT molecular complexity index is 1950. The normalized spacial score (nSPS) is 16.0. The SMILES string of the molecule is Cc1cocc1-c1nc(NC(=O)C2CCCC(C(=O)OC(=O)CCC(C)(C)C(=O)Nc3nc(-c4cocc4C)c(C#N)s3)C2)sc1C#N. The highest BCUT2D eigenvalue weighted by Gasteiger charge is 2.35. The van der Waals surface area contributed by atoms with Crippen LogP contribution < -0.4 is 10.6 Å². The number of ether oxygens (including phenoxy) is 1. The van der Waals surface area contributed by atoms with Gasteiger partial charge in [0.15, 0.2) is 10.3 Å². The Morgan fingerprint density at radius 2 is 1.44 bits per heavy atom. The number of furan rings is 2. The Labute approximate surface area is 283 Å². The predicted octanol–water partition coefficient (Wildman–Crippen LogP) is 6.74. The molecular weight excluding hydrogens is 657 g/mol. The molecule has 2 amide bonds. The van der Waals surface area contributed by atoms with Gasteiger partial charge in [-0.25, -0.2) is 9.97 Å². The molecule has 0 aromatic carbocycles. The smallest absolute Gasteiger partial charge is 0.316 e. The molecule has 2 atom stereocenters. The Morgan fingerprint density at radius 1 is 0.896 bits per heavy atom. The van der Waals surface area contributed by atoms with Gasteiger partial charge in [0.1, 0.15) is 33.3 Å². The number of aryl methyl sites for hydroxylation is 2. The van der Waals surface area contributed by atoms with Crippen molar-refractivity contribution >= 4 is 56.7 Å². The molecule has 0 spiro atoms. The van der Waals surface area contributed by atoms with E-state index in [2.05, 4.69) is 32.7 Å². The minimum atomic E-state index is -1.03. The number of aromatic nitrogens is 2. The summed E-state index contributed by atoms with van der Waals surface area (Å²) in [6.07, 6.45) is 7.80. The fourth-order valence-corrected chi connectivity index (χ4v) is 6.91. The van der Waals surface area contributed by atoms with E-state index in [0.717, 1.165) is 33.8 Å². The molecule has 1 aliphatic rings. The minimum Gasteiger partial charge on any atom is -0.472 e. The second kappa shape index (κ2) is 14.3. The molecule has 4 aromatic rings. The molecule has 248 valence electrons. The van der Waals surface area contributed by atoms with Crippen LogP contribution >= 0.6 is 22.7 Å². The average molecular weight is 689 g/mol. The molecule has 4 heterocycles. The monoisotopic (exact) mass is 688 g/mol. The van der Waals surface area contributed by atoms with E-state index in [1.165, 1.54) is 12.5 Å². The summed E-state index contributed by atoms with van der Waals surface area (Å²) < 4.78 is 15.5. The molecule has 0 bridgehead atoms. The van der Waals surface area contributed by atoms with Crippen molar-refractivity contribution in [1.82, 2.24) is 9.97 Å². The van der Waals surface area contributed by atoms with Gasteiger partial charge in [-0.15, -0.1) is 0 Å². The third-order valence-corrected chi connectivity index (χ3v) is 10.0. The van der Waals surface area contributed by atoms with Gasteiger partial charge in [-0.05, 0) is 50.7 Å². The summed E-state index contributed by atoms with van der Waals surface area (Å²) >= 11 is 2.09. The van der Waals surface area contributed by atoms with Crippen LogP contribution in [0.15, 0.2) is 33.9 Å². The topological polar surface area (TPSA) is 201 Å². The molecule has 0 aliphatic heterocycles. The number of nitriles is 2. The third kappa shape index (κ3) is 7.54. The van der Waals surface area contributed by atoms with Crippen molar-refractivity contribution in [3.05, 3.63) is 45.9 Å². The number of hydrogen-bond donors (Lipinski definition) is 2. The number of anilines is 2. The fraction of sp³-hybridized carbons (Fsp3) is 0.394. The molecule has 1 aliphatic carbocycles. The summed E-state index contributed by atoms with van der Waals surface area (Å²) in [4.78, 5) is 61.3. The second-order valence-electron chi connectivity index (χ2n) is 12.2. The first kappa shape index (κ1) is 34.2. The van der Waals surface area contributed by atoms with E-state index in [-0.39, 0.29) is 35.4 Å². The van der Waals surface area contributed by atoms with Crippen LogP contribution in [-0.4, -0.2) is 33.7 Å². The van der Waals surface area contributed by atoms with Crippen LogP contribution in [-0.2, 0) is 23.9 Å². The number of esters is 2. The van der Waals surface area contributed by atoms with Gasteiger partial charge in [0.2, 0.25) is 11.8 Å². The van der Waals surface area contributed by atoms with Crippen LogP contribution in [0.2, 0.25) is 0 Å². The highest BCUT2D eigenvalue weighted by Crippen LogP contribution is 2.36. The minimum absolute atomic E-state index is 0.0870. The van der Waals surface area contributed by atoms with Gasteiger partial charge >= 0.3 is 11.9 Å². The maximum absolute atomic E-state index is 13.1. The third-order valence-electron chi connectivity index (χ3n) is 8.29. The second-order valence-corrected chi connectivity index (χ2v) is 14.2. The summed E-state index contributed by atoms with van der Waals surface area (Å²) in [7, 11) is 0. The highest BCUT2D eigenvalue weighted by atomic mass is 32.1. The lowest BCUT2D eigenvalue weighted by Gasteiger charge is -2.26. The van der Waals surface area contributed by atoms with E-state index in [1.54, 1.807) is 26.4 Å². The molecule has 5 rings (SSSR count). The maximum Gasteiger partial charge on any atom is 0.316 e. The van der Waals surface area contributed by atoms with Gasteiger partial charge < -0.3 is 24.2 Å². The van der Waals surface area contributed by atoms with Crippen LogP contribution in [0.3, 0.4) is 0 Å². The number of carbonyl (C=O) groups excluding carboxylic acids is 4. The van der Waals surface area contributed by atoms with Gasteiger partial charge in [0.25, 0.3) is 0 Å². The standard InChI is InChI=1S/C33H32N6O7S2/c1-17-13-44-15-21(17)26-23(11-34)47-31(36-26)38-28(41)19-6-5-7-20(10-19)29(42)46-25(40)8-9-33(3,4)30(43)39-32-37-27(24(12-35)48-32)22-16-45-14-18(22)2/h13-16,19-20H,5-10H2,1-4H3,(H,36,38,41)(H,37,39,43). The molecular formula is C33H32N6O7S2. The summed E-state index contributed by atoms with van der Waals surface area (Å²) in [5, 5.41) is 25.1. The molecule has 15 heteroatoms. The molecule has 2 N–H and O–H groups in total. The number of nitrogens with zero attached hydrogens (tertiary/aromatic N) is 4. The van der Waals surface area contributed by atoms with Gasteiger partial charge in [-0.2, -0.15) is 10.5 Å². The summed E-state index contributed by atoms with van der Waals surface area (Å²) in [5.74, 6) is -3.35. The van der Waals surface area contributed by atoms with Crippen molar-refractivity contribution in [2.75, 3.05) is 10.6 Å². The van der Waals surface area contributed by atoms with Gasteiger partial charge in [-0.3, -0.25) is 19.2 Å². The molecule has 0 saturated heterocycles. The molecule has 13 nitrogen and oxygen atoms in total. The van der Waals surface area contributed by atoms with Crippen LogP contribution in [0.4, 0.5) is 10.3 Å². The zero-order valence-electron chi connectivity index (χ0n) is 26.7. The van der Waals surface area contributed by atoms with Gasteiger partial charge in [0, 0.05) is 28.9 Å². The fourth-order valence-electron chi connectivity index (χ4n) is 5.36. The van der Waals surface area contributed by atoms with Crippen molar-refractivity contribution < 1.29 is 32.7 Å². The first-order valence-electron chi connectivity index (χ1n) is 15.1. The van der Waals surface area contributed by atoms with Crippen molar-refractivity contribution in [2.24, 2.45) is 17.3 Å². The number of amides is 2. The summed E-state index contributed by atoms with van der Waals surface area (Å²) in [6.45, 7) is 6.97. The average Bonchev–Trinajstić information content (AvgIpc) is 3.86. The first-order chi connectivity index (χ1) is 22.9. The lowest BCUT2D eigenvalue weighted by atomic mass is 9.81. The lowest BCUT2D eigenvalue weighted by Crippen LogP contribution is -2.33. The zero-order chi connectivity index (χ0) is 34.6. The summed E-state index contributed by atoms with van der Waals surface area (Å²) in [6, 6.07) is 4.20. The number of nitrogens with one attached hydrogen (secondary N) is 2. The molecule has 4 aromatic heterocycles. The summed E-state index contributed by atoms with van der Waals surface area (Å²) in [5.41, 5.74) is 2.75. The number of rotatable bonds is 10. The number of thiazole rings is 2. The quantitative estimate of drug-likeness (QED) is 0.132. The Kier molecular flexibility index (Phi) is 10.2. The Balaban J connectivity index is 1.12. The van der Waals surface area contributed by atoms with Crippen molar-refractivity contribution in [1.29, 1.82) is 10.5 Å². The molecule has 2 unspecified atom stereocenters. The van der Waals surface area contributed by atoms with E-state index in [4.69, 9.17) is 13.6 Å². The van der Waals surface area contributed by atoms with Crippen molar-refractivity contribution in [3.8, 4) is 34.7 Å². The van der Waals surface area contributed by atoms with Gasteiger partial charge in [0.05, 0.1) is 31.0 Å². The molecule has 0 radical (unpaired) electrons. The van der Waals surface area contributed by atoms with Crippen molar-refractivity contribution in [3.63, 3.8) is 0 Å². The Hall–Kier alpha value is -5.12. The lowest BCUT2D eigenvalue weighted by molar-refractivity contribution is -0.164. The molecule has 48 heavy (non-hydrogen) atoms. The van der Waals surface area contributed by atoms with E-state index < -0.39 is 35.1 Å². The molecule has 1 saturated carbocycles. The van der Waals surface area contributed by atoms with E-state index >= 15 is 0 Å². The largest absolute Gasteiger partial charge is 0.472 e. The van der Waals surface area contributed by atoms with Crippen LogP contribution in [0, 0.1) is 53.8 Å². The van der Waals surface area contributed by atoms with Crippen LogP contribution in [0.1, 0.15) is 73.3 Å².